The molecule has 0 saturated carbocycles. The van der Waals surface area contributed by atoms with E-state index in [9.17, 15) is 9.59 Å². The largest absolute Gasteiger partial charge is 0.375 e. The van der Waals surface area contributed by atoms with Gasteiger partial charge in [-0.15, -0.1) is 0 Å². The molecule has 1 aromatic rings. The lowest BCUT2D eigenvalue weighted by Crippen LogP contribution is -2.55. The SMILES string of the molecule is CC(C)C[C@H](NC(=O)c1cc(C(C)(C)C)nn1C)C(=O)N(C)N(C)C(N)=S. The predicted molar refractivity (Wildman–Crippen MR) is 110 cm³/mol. The van der Waals surface area contributed by atoms with Crippen LogP contribution in [0.15, 0.2) is 6.07 Å². The maximum absolute atomic E-state index is 12.9. The second kappa shape index (κ2) is 8.69. The molecule has 1 heterocycles. The van der Waals surface area contributed by atoms with E-state index >= 15 is 0 Å². The van der Waals surface area contributed by atoms with E-state index in [0.29, 0.717) is 12.1 Å². The summed E-state index contributed by atoms with van der Waals surface area (Å²) in [4.78, 5) is 25.7. The molecule has 0 aromatic carbocycles. The van der Waals surface area contributed by atoms with Gasteiger partial charge in [-0.05, 0) is 30.6 Å². The van der Waals surface area contributed by atoms with Crippen molar-refractivity contribution in [3.8, 4) is 0 Å². The number of hydrazine groups is 1. The van der Waals surface area contributed by atoms with Crippen molar-refractivity contribution in [1.82, 2.24) is 25.1 Å². The first-order chi connectivity index (χ1) is 12.3. The molecule has 0 aliphatic rings. The molecule has 9 heteroatoms. The van der Waals surface area contributed by atoms with Gasteiger partial charge in [0.2, 0.25) is 0 Å². The first-order valence-corrected chi connectivity index (χ1v) is 9.32. The van der Waals surface area contributed by atoms with Gasteiger partial charge >= 0.3 is 0 Å². The monoisotopic (exact) mass is 396 g/mol. The molecule has 8 nitrogen and oxygen atoms in total. The molecule has 0 aliphatic carbocycles. The molecule has 2 amide bonds. The number of nitrogens with zero attached hydrogens (tertiary/aromatic N) is 4. The fourth-order valence-corrected chi connectivity index (χ4v) is 2.62. The van der Waals surface area contributed by atoms with Gasteiger partial charge in [0, 0.05) is 26.6 Å². The van der Waals surface area contributed by atoms with Crippen molar-refractivity contribution in [2.24, 2.45) is 18.7 Å². The second-order valence-electron chi connectivity index (χ2n) is 8.17. The third-order valence-electron chi connectivity index (χ3n) is 4.28. The Balaban J connectivity index is 3.06. The third kappa shape index (κ3) is 5.92. The number of carbonyl (C=O) groups excluding carboxylic acids is 2. The van der Waals surface area contributed by atoms with Crippen molar-refractivity contribution < 1.29 is 9.59 Å². The van der Waals surface area contributed by atoms with Gasteiger partial charge in [-0.3, -0.25) is 24.3 Å². The summed E-state index contributed by atoms with van der Waals surface area (Å²) in [6.07, 6.45) is 0.490. The zero-order chi connectivity index (χ0) is 21.1. The lowest BCUT2D eigenvalue weighted by Gasteiger charge is -2.32. The highest BCUT2D eigenvalue weighted by atomic mass is 32.1. The van der Waals surface area contributed by atoms with Gasteiger partial charge < -0.3 is 11.1 Å². The van der Waals surface area contributed by atoms with Crippen LogP contribution in [-0.4, -0.2) is 56.9 Å². The minimum Gasteiger partial charge on any atom is -0.375 e. The summed E-state index contributed by atoms with van der Waals surface area (Å²) < 4.78 is 1.54. The molecule has 0 fully saturated rings. The van der Waals surface area contributed by atoms with Crippen molar-refractivity contribution in [3.05, 3.63) is 17.5 Å². The Kier molecular flexibility index (Phi) is 7.36. The van der Waals surface area contributed by atoms with Gasteiger partial charge in [0.15, 0.2) is 5.11 Å². The smallest absolute Gasteiger partial charge is 0.270 e. The molecular weight excluding hydrogens is 364 g/mol. The quantitative estimate of drug-likeness (QED) is 0.577. The fraction of sp³-hybridized carbons (Fsp3) is 0.667. The zero-order valence-corrected chi connectivity index (χ0v) is 18.3. The van der Waals surface area contributed by atoms with E-state index in [-0.39, 0.29) is 28.3 Å². The van der Waals surface area contributed by atoms with Crippen molar-refractivity contribution in [2.75, 3.05) is 14.1 Å². The number of amides is 2. The van der Waals surface area contributed by atoms with Crippen LogP contribution in [0.5, 0.6) is 0 Å². The summed E-state index contributed by atoms with van der Waals surface area (Å²) in [5.74, 6) is -0.420. The van der Waals surface area contributed by atoms with Crippen molar-refractivity contribution in [1.29, 1.82) is 0 Å². The molecule has 0 saturated heterocycles. The molecule has 152 valence electrons. The molecule has 0 unspecified atom stereocenters. The number of nitrogens with one attached hydrogen (secondary N) is 1. The molecule has 3 N–H and O–H groups in total. The number of aryl methyl sites for hydroxylation is 1. The van der Waals surface area contributed by atoms with E-state index < -0.39 is 6.04 Å². The maximum Gasteiger partial charge on any atom is 0.270 e. The Morgan fingerprint density at radius 3 is 2.26 bits per heavy atom. The van der Waals surface area contributed by atoms with Crippen LogP contribution in [0.3, 0.4) is 0 Å². The Hall–Kier alpha value is -2.16. The number of likely N-dealkylation sites (N-methyl/N-ethyl adjacent to an activating group) is 1. The highest BCUT2D eigenvalue weighted by Gasteiger charge is 2.29. The minimum atomic E-state index is -0.702. The van der Waals surface area contributed by atoms with Crippen LogP contribution in [0.2, 0.25) is 0 Å². The van der Waals surface area contributed by atoms with E-state index in [2.05, 4.69) is 10.4 Å². The number of carbonyl (C=O) groups is 2. The van der Waals surface area contributed by atoms with Crippen LogP contribution in [0.1, 0.15) is 57.2 Å². The molecular formula is C18H32N6O2S. The Labute approximate surface area is 167 Å². The molecule has 1 atom stereocenters. The van der Waals surface area contributed by atoms with E-state index in [1.165, 1.54) is 14.7 Å². The second-order valence-corrected chi connectivity index (χ2v) is 8.59. The molecule has 0 bridgehead atoms. The van der Waals surface area contributed by atoms with Crippen LogP contribution < -0.4 is 11.1 Å². The van der Waals surface area contributed by atoms with Gasteiger partial charge in [-0.2, -0.15) is 5.10 Å². The fourth-order valence-electron chi connectivity index (χ4n) is 2.49. The topological polar surface area (TPSA) is 96.5 Å². The number of hydrogen-bond acceptors (Lipinski definition) is 4. The van der Waals surface area contributed by atoms with Gasteiger partial charge in [0.25, 0.3) is 11.8 Å². The van der Waals surface area contributed by atoms with Crippen LogP contribution >= 0.6 is 12.2 Å². The third-order valence-corrected chi connectivity index (χ3v) is 4.54. The first-order valence-electron chi connectivity index (χ1n) is 8.91. The minimum absolute atomic E-state index is 0.0712. The van der Waals surface area contributed by atoms with E-state index in [1.807, 2.05) is 34.6 Å². The summed E-state index contributed by atoms with van der Waals surface area (Å²) in [5.41, 5.74) is 6.64. The van der Waals surface area contributed by atoms with Gasteiger partial charge in [0.05, 0.1) is 5.69 Å². The molecule has 0 aliphatic heterocycles. The molecule has 0 radical (unpaired) electrons. The van der Waals surface area contributed by atoms with Gasteiger partial charge in [-0.1, -0.05) is 34.6 Å². The van der Waals surface area contributed by atoms with Crippen molar-refractivity contribution in [3.63, 3.8) is 0 Å². The van der Waals surface area contributed by atoms with E-state index in [1.54, 1.807) is 27.2 Å². The van der Waals surface area contributed by atoms with Crippen molar-refractivity contribution >= 4 is 29.1 Å². The number of hydrogen-bond donors (Lipinski definition) is 2. The Bertz CT molecular complexity index is 707. The Morgan fingerprint density at radius 2 is 1.85 bits per heavy atom. The van der Waals surface area contributed by atoms with Crippen LogP contribution in [-0.2, 0) is 17.3 Å². The van der Waals surface area contributed by atoms with E-state index in [0.717, 1.165) is 5.69 Å². The number of rotatable bonds is 5. The first kappa shape index (κ1) is 22.9. The molecule has 1 rings (SSSR count). The lowest BCUT2D eigenvalue weighted by atomic mass is 9.92. The maximum atomic E-state index is 12.9. The average Bonchev–Trinajstić information content (AvgIpc) is 2.93. The predicted octanol–water partition coefficient (Wildman–Crippen LogP) is 1.41. The standard InChI is InChI=1S/C18H32N6O2S/c1-11(2)9-12(16(26)23(7)24(8)17(19)27)20-15(25)13-10-14(18(3,4)5)21-22(13)6/h10-12H,9H2,1-8H3,(H2,19,27)(H,20,25)/t12-/m0/s1. The van der Waals surface area contributed by atoms with E-state index in [4.69, 9.17) is 18.0 Å². The zero-order valence-electron chi connectivity index (χ0n) is 17.5. The van der Waals surface area contributed by atoms with Crippen LogP contribution in [0.25, 0.3) is 0 Å². The lowest BCUT2D eigenvalue weighted by molar-refractivity contribution is -0.141. The average molecular weight is 397 g/mol. The summed E-state index contributed by atoms with van der Waals surface area (Å²) in [7, 11) is 4.89. The van der Waals surface area contributed by atoms with Crippen LogP contribution in [0, 0.1) is 5.92 Å². The normalized spacial score (nSPS) is 12.6. The summed E-state index contributed by atoms with van der Waals surface area (Å²) in [5, 5.41) is 10.0. The molecule has 1 aromatic heterocycles. The summed E-state index contributed by atoms with van der Waals surface area (Å²) in [6, 6.07) is 1.06. The highest BCUT2D eigenvalue weighted by molar-refractivity contribution is 7.80. The number of nitrogens with two attached hydrogens (primary N) is 1. The van der Waals surface area contributed by atoms with Gasteiger partial charge in [0.1, 0.15) is 11.7 Å². The number of aromatic nitrogens is 2. The van der Waals surface area contributed by atoms with Crippen molar-refractivity contribution in [2.45, 2.75) is 52.5 Å². The molecule has 0 spiro atoms. The van der Waals surface area contributed by atoms with Crippen LogP contribution in [0.4, 0.5) is 0 Å². The highest BCUT2D eigenvalue weighted by Crippen LogP contribution is 2.21. The summed E-state index contributed by atoms with van der Waals surface area (Å²) in [6.45, 7) is 10.1. The number of thiocarbonyl (C=S) groups is 1. The molecule has 27 heavy (non-hydrogen) atoms. The Morgan fingerprint density at radius 1 is 1.30 bits per heavy atom. The van der Waals surface area contributed by atoms with Gasteiger partial charge in [-0.25, -0.2) is 0 Å². The summed E-state index contributed by atoms with van der Waals surface area (Å²) >= 11 is 4.92.